The largest absolute Gasteiger partial charge is 0.418 e. The van der Waals surface area contributed by atoms with E-state index in [4.69, 9.17) is 0 Å². The first-order chi connectivity index (χ1) is 13.8. The molecule has 152 valence electrons. The van der Waals surface area contributed by atoms with Crippen molar-refractivity contribution in [1.82, 2.24) is 24.8 Å². The van der Waals surface area contributed by atoms with Crippen molar-refractivity contribution in [2.24, 2.45) is 0 Å². The number of fused-ring (bicyclic) bond motifs is 1. The first kappa shape index (κ1) is 19.5. The van der Waals surface area contributed by atoms with Crippen LogP contribution in [-0.2, 0) is 12.7 Å². The van der Waals surface area contributed by atoms with Gasteiger partial charge in [0.05, 0.1) is 17.8 Å². The highest BCUT2D eigenvalue weighted by molar-refractivity contribution is 5.75. The van der Waals surface area contributed by atoms with Gasteiger partial charge in [0.2, 0.25) is 0 Å². The maximum atomic E-state index is 13.4. The van der Waals surface area contributed by atoms with Crippen LogP contribution in [0.2, 0.25) is 0 Å². The van der Waals surface area contributed by atoms with Crippen LogP contribution in [0.5, 0.6) is 0 Å². The van der Waals surface area contributed by atoms with Crippen molar-refractivity contribution in [1.29, 1.82) is 0 Å². The minimum absolute atomic E-state index is 0.0477. The summed E-state index contributed by atoms with van der Waals surface area (Å²) in [7, 11) is 0. The van der Waals surface area contributed by atoms with E-state index >= 15 is 0 Å². The van der Waals surface area contributed by atoms with Gasteiger partial charge in [-0.05, 0) is 57.0 Å². The summed E-state index contributed by atoms with van der Waals surface area (Å²) in [6, 6.07) is 4.00. The van der Waals surface area contributed by atoms with Gasteiger partial charge < -0.3 is 5.32 Å². The Morgan fingerprint density at radius 2 is 2.00 bits per heavy atom. The topological polar surface area (TPSA) is 72.7 Å². The lowest BCUT2D eigenvalue weighted by atomic mass is 9.90. The van der Waals surface area contributed by atoms with E-state index in [-0.39, 0.29) is 23.7 Å². The highest BCUT2D eigenvalue weighted by Gasteiger charge is 2.34. The van der Waals surface area contributed by atoms with Gasteiger partial charge in [-0.25, -0.2) is 9.97 Å². The highest BCUT2D eigenvalue weighted by Crippen LogP contribution is 2.32. The van der Waals surface area contributed by atoms with Crippen molar-refractivity contribution in [3.05, 3.63) is 63.6 Å². The molecule has 1 aliphatic heterocycles. The summed E-state index contributed by atoms with van der Waals surface area (Å²) in [5, 5.41) is 3.89. The molecule has 3 aromatic rings. The van der Waals surface area contributed by atoms with Crippen molar-refractivity contribution in [3.8, 4) is 0 Å². The van der Waals surface area contributed by atoms with Gasteiger partial charge in [-0.2, -0.15) is 13.2 Å². The van der Waals surface area contributed by atoms with Gasteiger partial charge in [0, 0.05) is 23.3 Å². The van der Waals surface area contributed by atoms with E-state index in [9.17, 15) is 18.0 Å². The third-order valence-electron chi connectivity index (χ3n) is 5.26. The fourth-order valence-corrected chi connectivity index (χ4v) is 3.81. The predicted molar refractivity (Wildman–Crippen MR) is 102 cm³/mol. The predicted octanol–water partition coefficient (Wildman–Crippen LogP) is 3.03. The number of aromatic nitrogens is 4. The molecule has 1 fully saturated rings. The third-order valence-corrected chi connectivity index (χ3v) is 5.26. The van der Waals surface area contributed by atoms with Crippen molar-refractivity contribution in [2.45, 2.75) is 38.4 Å². The quantitative estimate of drug-likeness (QED) is 0.728. The monoisotopic (exact) mass is 403 g/mol. The van der Waals surface area contributed by atoms with Crippen molar-refractivity contribution < 1.29 is 13.2 Å². The molecule has 6 nitrogen and oxygen atoms in total. The van der Waals surface area contributed by atoms with Gasteiger partial charge in [-0.1, -0.05) is 0 Å². The number of hydrogen-bond donors (Lipinski definition) is 1. The normalized spacial score (nSPS) is 15.7. The summed E-state index contributed by atoms with van der Waals surface area (Å²) in [6.45, 7) is 2.97. The van der Waals surface area contributed by atoms with Crippen molar-refractivity contribution in [3.63, 3.8) is 0 Å². The molecule has 0 atom stereocenters. The van der Waals surface area contributed by atoms with Crippen LogP contribution in [-0.4, -0.2) is 32.6 Å². The molecule has 0 unspecified atom stereocenters. The van der Waals surface area contributed by atoms with Gasteiger partial charge in [0.25, 0.3) is 5.56 Å². The van der Waals surface area contributed by atoms with Crippen LogP contribution in [0.15, 0.2) is 35.4 Å². The number of aryl methyl sites for hydroxylation is 1. The van der Waals surface area contributed by atoms with E-state index in [1.54, 1.807) is 19.2 Å². The smallest absolute Gasteiger partial charge is 0.317 e. The Balaban J connectivity index is 1.90. The number of hydrogen-bond acceptors (Lipinski definition) is 5. The lowest BCUT2D eigenvalue weighted by Crippen LogP contribution is -2.33. The van der Waals surface area contributed by atoms with E-state index in [0.29, 0.717) is 22.4 Å². The van der Waals surface area contributed by atoms with E-state index in [0.717, 1.165) is 32.0 Å². The Kier molecular flexibility index (Phi) is 5.08. The van der Waals surface area contributed by atoms with E-state index in [1.807, 2.05) is 0 Å². The molecule has 0 radical (unpaired) electrons. The van der Waals surface area contributed by atoms with Crippen molar-refractivity contribution >= 4 is 11.0 Å². The number of piperidine rings is 1. The molecule has 0 aliphatic carbocycles. The first-order valence-electron chi connectivity index (χ1n) is 9.43. The molecule has 29 heavy (non-hydrogen) atoms. The maximum Gasteiger partial charge on any atom is 0.418 e. The Bertz CT molecular complexity index is 1100. The van der Waals surface area contributed by atoms with Gasteiger partial charge >= 0.3 is 6.18 Å². The SMILES string of the molecule is Cc1ncc2cc(C3CCNCC3)c(=O)n(Cc3ncccc3C(F)(F)F)c2n1. The van der Waals surface area contributed by atoms with Gasteiger partial charge in [-0.3, -0.25) is 14.3 Å². The van der Waals surface area contributed by atoms with E-state index < -0.39 is 11.7 Å². The number of alkyl halides is 3. The van der Waals surface area contributed by atoms with Crippen LogP contribution in [0.4, 0.5) is 13.2 Å². The lowest BCUT2D eigenvalue weighted by Gasteiger charge is -2.24. The zero-order valence-electron chi connectivity index (χ0n) is 15.8. The summed E-state index contributed by atoms with van der Waals surface area (Å²) in [4.78, 5) is 25.8. The van der Waals surface area contributed by atoms with Crippen LogP contribution in [0.25, 0.3) is 11.0 Å². The summed E-state index contributed by atoms with van der Waals surface area (Å²) in [6.07, 6.45) is -0.0494. The minimum atomic E-state index is -4.56. The maximum absolute atomic E-state index is 13.4. The molecule has 1 saturated heterocycles. The Morgan fingerprint density at radius 3 is 2.72 bits per heavy atom. The average Bonchev–Trinajstić information content (AvgIpc) is 2.70. The molecule has 0 bridgehead atoms. The Labute approximate surface area is 164 Å². The Morgan fingerprint density at radius 1 is 1.24 bits per heavy atom. The molecule has 0 saturated carbocycles. The van der Waals surface area contributed by atoms with Crippen LogP contribution in [0.1, 0.15) is 41.4 Å². The molecular weight excluding hydrogens is 383 g/mol. The lowest BCUT2D eigenvalue weighted by molar-refractivity contribution is -0.138. The molecule has 4 rings (SSSR count). The third kappa shape index (κ3) is 3.87. The fraction of sp³-hybridized carbons (Fsp3) is 0.400. The number of nitrogens with one attached hydrogen (secondary N) is 1. The molecule has 0 spiro atoms. The molecule has 0 amide bonds. The van der Waals surface area contributed by atoms with Gasteiger partial charge in [-0.15, -0.1) is 0 Å². The van der Waals surface area contributed by atoms with Gasteiger partial charge in [0.1, 0.15) is 11.5 Å². The average molecular weight is 403 g/mol. The highest BCUT2D eigenvalue weighted by atomic mass is 19.4. The number of rotatable bonds is 3. The van der Waals surface area contributed by atoms with E-state index in [1.165, 1.54) is 16.8 Å². The second-order valence-corrected chi connectivity index (χ2v) is 7.21. The van der Waals surface area contributed by atoms with Gasteiger partial charge in [0.15, 0.2) is 0 Å². The molecule has 4 heterocycles. The molecule has 9 heteroatoms. The van der Waals surface area contributed by atoms with Crippen LogP contribution >= 0.6 is 0 Å². The summed E-state index contributed by atoms with van der Waals surface area (Å²) in [5.41, 5.74) is -0.462. The number of halogens is 3. The number of nitrogens with zero attached hydrogens (tertiary/aromatic N) is 4. The summed E-state index contributed by atoms with van der Waals surface area (Å²) >= 11 is 0. The molecular formula is C20H20F3N5O. The van der Waals surface area contributed by atoms with E-state index in [2.05, 4.69) is 20.3 Å². The molecule has 3 aromatic heterocycles. The number of pyridine rings is 2. The standard InChI is InChI=1S/C20H20F3N5O/c1-12-26-10-14-9-15(13-4-7-24-8-5-13)19(29)28(18(14)27-12)11-17-16(20(21,22)23)3-2-6-25-17/h2-3,6,9-10,13,24H,4-5,7-8,11H2,1H3. The minimum Gasteiger partial charge on any atom is -0.317 e. The Hall–Kier alpha value is -2.81. The van der Waals surface area contributed by atoms with Crippen LogP contribution in [0.3, 0.4) is 0 Å². The first-order valence-corrected chi connectivity index (χ1v) is 9.43. The fourth-order valence-electron chi connectivity index (χ4n) is 3.81. The van der Waals surface area contributed by atoms with Crippen LogP contribution < -0.4 is 10.9 Å². The van der Waals surface area contributed by atoms with Crippen molar-refractivity contribution in [2.75, 3.05) is 13.1 Å². The van der Waals surface area contributed by atoms with Crippen LogP contribution in [0, 0.1) is 6.92 Å². The molecule has 0 aromatic carbocycles. The summed E-state index contributed by atoms with van der Waals surface area (Å²) in [5.74, 6) is 0.490. The summed E-state index contributed by atoms with van der Waals surface area (Å²) < 4.78 is 41.6. The zero-order chi connectivity index (χ0) is 20.6. The zero-order valence-corrected chi connectivity index (χ0v) is 15.8. The molecule has 1 N–H and O–H groups in total. The molecule has 1 aliphatic rings. The second kappa shape index (κ2) is 7.55. The second-order valence-electron chi connectivity index (χ2n) is 7.21.